The molecule has 4 rings (SSSR count). The molecule has 0 aliphatic carbocycles. The number of hydrogen-bond donors (Lipinski definition) is 0. The fraction of sp³-hybridized carbons (Fsp3) is 0.350. The fourth-order valence-electron chi connectivity index (χ4n) is 3.54. The maximum absolute atomic E-state index is 12.9. The van der Waals surface area contributed by atoms with Crippen molar-refractivity contribution in [2.75, 3.05) is 13.1 Å². The largest absolute Gasteiger partial charge is 0.341 e. The van der Waals surface area contributed by atoms with Crippen LogP contribution in [0, 0.1) is 0 Å². The predicted octanol–water partition coefficient (Wildman–Crippen LogP) is 1.82. The number of aromatic nitrogens is 4. The van der Waals surface area contributed by atoms with Crippen LogP contribution in [-0.2, 0) is 18.4 Å². The summed E-state index contributed by atoms with van der Waals surface area (Å²) in [5.74, 6) is 0.160. The van der Waals surface area contributed by atoms with Gasteiger partial charge in [0.2, 0.25) is 5.91 Å². The lowest BCUT2D eigenvalue weighted by atomic mass is 10.1. The third-order valence-corrected chi connectivity index (χ3v) is 5.44. The molecule has 1 amide bonds. The standard InChI is InChI=1S/C20H20ClN5O3/c1-24-18-15(11-22-17(23-18)13-5-7-14(21)8-6-13)19(28)26(20(24)29)12-16(27)25-9-3-2-4-10-25/h5-8,11H,2-4,9-10,12H2,1H3. The summed E-state index contributed by atoms with van der Waals surface area (Å²) in [5, 5.41) is 0.777. The van der Waals surface area contributed by atoms with Gasteiger partial charge in [0, 0.05) is 36.9 Å². The number of carbonyl (C=O) groups excluding carboxylic acids is 1. The Hall–Kier alpha value is -3.00. The topological polar surface area (TPSA) is 90.1 Å². The van der Waals surface area contributed by atoms with Gasteiger partial charge in [-0.15, -0.1) is 0 Å². The van der Waals surface area contributed by atoms with Crippen LogP contribution in [0.1, 0.15) is 19.3 Å². The molecule has 1 saturated heterocycles. The molecule has 3 aromatic rings. The Bertz CT molecular complexity index is 1190. The minimum atomic E-state index is -0.575. The van der Waals surface area contributed by atoms with Crippen LogP contribution in [0.4, 0.5) is 0 Å². The van der Waals surface area contributed by atoms with E-state index in [1.165, 1.54) is 17.8 Å². The lowest BCUT2D eigenvalue weighted by Crippen LogP contribution is -2.45. The number of likely N-dealkylation sites (tertiary alicyclic amines) is 1. The van der Waals surface area contributed by atoms with Crippen LogP contribution in [0.2, 0.25) is 5.02 Å². The zero-order valence-electron chi connectivity index (χ0n) is 16.0. The van der Waals surface area contributed by atoms with E-state index in [1.807, 2.05) is 0 Å². The van der Waals surface area contributed by atoms with Crippen LogP contribution in [0.5, 0.6) is 0 Å². The number of halogens is 1. The van der Waals surface area contributed by atoms with E-state index in [1.54, 1.807) is 29.2 Å². The van der Waals surface area contributed by atoms with E-state index in [0.717, 1.165) is 23.8 Å². The summed E-state index contributed by atoms with van der Waals surface area (Å²) in [6.07, 6.45) is 4.38. The van der Waals surface area contributed by atoms with Crippen molar-refractivity contribution in [2.45, 2.75) is 25.8 Å². The van der Waals surface area contributed by atoms with Gasteiger partial charge in [-0.1, -0.05) is 11.6 Å². The molecule has 0 atom stereocenters. The summed E-state index contributed by atoms with van der Waals surface area (Å²) >= 11 is 5.91. The Balaban J connectivity index is 1.75. The third kappa shape index (κ3) is 3.67. The minimum absolute atomic E-state index is 0.191. The first kappa shape index (κ1) is 19.3. The maximum atomic E-state index is 12.9. The molecule has 1 aliphatic heterocycles. The zero-order chi connectivity index (χ0) is 20.5. The number of carbonyl (C=O) groups is 1. The molecule has 3 heterocycles. The first-order valence-electron chi connectivity index (χ1n) is 9.46. The third-order valence-electron chi connectivity index (χ3n) is 5.18. The Morgan fingerprint density at radius 3 is 2.48 bits per heavy atom. The highest BCUT2D eigenvalue weighted by Gasteiger charge is 2.20. The van der Waals surface area contributed by atoms with Gasteiger partial charge in [0.25, 0.3) is 5.56 Å². The van der Waals surface area contributed by atoms with E-state index in [0.29, 0.717) is 29.5 Å². The average molecular weight is 414 g/mol. The predicted molar refractivity (Wildman–Crippen MR) is 110 cm³/mol. The van der Waals surface area contributed by atoms with Gasteiger partial charge in [0.05, 0.1) is 0 Å². The molecule has 0 radical (unpaired) electrons. The molecular formula is C20H20ClN5O3. The van der Waals surface area contributed by atoms with Gasteiger partial charge in [-0.25, -0.2) is 14.8 Å². The maximum Gasteiger partial charge on any atom is 0.332 e. The van der Waals surface area contributed by atoms with Crippen molar-refractivity contribution in [2.24, 2.45) is 7.05 Å². The van der Waals surface area contributed by atoms with Crippen molar-refractivity contribution in [1.82, 2.24) is 24.0 Å². The van der Waals surface area contributed by atoms with Crippen molar-refractivity contribution in [1.29, 1.82) is 0 Å². The number of rotatable bonds is 3. The highest BCUT2D eigenvalue weighted by molar-refractivity contribution is 6.30. The molecule has 0 unspecified atom stereocenters. The number of nitrogens with zero attached hydrogens (tertiary/aromatic N) is 5. The lowest BCUT2D eigenvalue weighted by molar-refractivity contribution is -0.132. The van der Waals surface area contributed by atoms with Crippen molar-refractivity contribution in [3.63, 3.8) is 0 Å². The molecule has 29 heavy (non-hydrogen) atoms. The summed E-state index contributed by atoms with van der Waals surface area (Å²) in [4.78, 5) is 48.6. The summed E-state index contributed by atoms with van der Waals surface area (Å²) in [5.41, 5.74) is -0.195. The van der Waals surface area contributed by atoms with Gasteiger partial charge in [-0.3, -0.25) is 18.7 Å². The average Bonchev–Trinajstić information content (AvgIpc) is 2.76. The quantitative estimate of drug-likeness (QED) is 0.653. The number of aryl methyl sites for hydroxylation is 1. The highest BCUT2D eigenvalue weighted by Crippen LogP contribution is 2.19. The molecule has 1 aromatic carbocycles. The number of fused-ring (bicyclic) bond motifs is 1. The van der Waals surface area contributed by atoms with Crippen LogP contribution in [0.3, 0.4) is 0 Å². The molecule has 8 nitrogen and oxygen atoms in total. The van der Waals surface area contributed by atoms with E-state index in [-0.39, 0.29) is 23.5 Å². The molecule has 0 spiro atoms. The molecule has 150 valence electrons. The van der Waals surface area contributed by atoms with Crippen molar-refractivity contribution < 1.29 is 4.79 Å². The van der Waals surface area contributed by atoms with Crippen LogP contribution < -0.4 is 11.2 Å². The van der Waals surface area contributed by atoms with Crippen LogP contribution in [-0.4, -0.2) is 43.0 Å². The van der Waals surface area contributed by atoms with E-state index >= 15 is 0 Å². The van der Waals surface area contributed by atoms with Gasteiger partial charge in [0.15, 0.2) is 11.5 Å². The summed E-state index contributed by atoms with van der Waals surface area (Å²) < 4.78 is 2.24. The second kappa shape index (κ2) is 7.79. The van der Waals surface area contributed by atoms with Crippen LogP contribution >= 0.6 is 11.6 Å². The second-order valence-corrected chi connectivity index (χ2v) is 7.55. The van der Waals surface area contributed by atoms with E-state index < -0.39 is 11.2 Å². The monoisotopic (exact) mass is 413 g/mol. The number of amides is 1. The number of benzene rings is 1. The van der Waals surface area contributed by atoms with Crippen LogP contribution in [0.25, 0.3) is 22.4 Å². The summed E-state index contributed by atoms with van der Waals surface area (Å²) in [7, 11) is 1.53. The molecule has 0 bridgehead atoms. The van der Waals surface area contributed by atoms with Crippen molar-refractivity contribution >= 4 is 28.5 Å². The van der Waals surface area contributed by atoms with Gasteiger partial charge in [0.1, 0.15) is 11.9 Å². The van der Waals surface area contributed by atoms with Gasteiger partial charge in [-0.05, 0) is 43.5 Å². The molecule has 2 aromatic heterocycles. The summed E-state index contributed by atoms with van der Waals surface area (Å²) in [6.45, 7) is 1.05. The van der Waals surface area contributed by atoms with Crippen molar-refractivity contribution in [3.05, 3.63) is 56.3 Å². The van der Waals surface area contributed by atoms with Gasteiger partial charge >= 0.3 is 5.69 Å². The first-order chi connectivity index (χ1) is 14.0. The number of piperidine rings is 1. The van der Waals surface area contributed by atoms with Gasteiger partial charge in [-0.2, -0.15) is 0 Å². The Morgan fingerprint density at radius 1 is 1.10 bits per heavy atom. The summed E-state index contributed by atoms with van der Waals surface area (Å²) in [6, 6.07) is 6.96. The molecule has 0 N–H and O–H groups in total. The first-order valence-corrected chi connectivity index (χ1v) is 9.84. The second-order valence-electron chi connectivity index (χ2n) is 7.11. The van der Waals surface area contributed by atoms with E-state index in [4.69, 9.17) is 11.6 Å². The normalized spacial score (nSPS) is 14.3. The molecule has 9 heteroatoms. The Morgan fingerprint density at radius 2 is 1.79 bits per heavy atom. The van der Waals surface area contributed by atoms with Gasteiger partial charge < -0.3 is 4.90 Å². The minimum Gasteiger partial charge on any atom is -0.341 e. The number of hydrogen-bond acceptors (Lipinski definition) is 5. The zero-order valence-corrected chi connectivity index (χ0v) is 16.7. The highest BCUT2D eigenvalue weighted by atomic mass is 35.5. The van der Waals surface area contributed by atoms with E-state index in [2.05, 4.69) is 9.97 Å². The fourth-order valence-corrected chi connectivity index (χ4v) is 3.67. The Kier molecular flexibility index (Phi) is 5.19. The molecule has 0 saturated carbocycles. The SMILES string of the molecule is Cn1c(=O)n(CC(=O)N2CCCCC2)c(=O)c2cnc(-c3ccc(Cl)cc3)nc21. The lowest BCUT2D eigenvalue weighted by Gasteiger charge is -2.26. The van der Waals surface area contributed by atoms with Crippen LogP contribution in [0.15, 0.2) is 40.1 Å². The smallest absolute Gasteiger partial charge is 0.332 e. The molecule has 1 aliphatic rings. The Labute approximate surface area is 171 Å². The molecular weight excluding hydrogens is 394 g/mol. The van der Waals surface area contributed by atoms with E-state index in [9.17, 15) is 14.4 Å². The molecule has 1 fully saturated rings. The van der Waals surface area contributed by atoms with Crippen molar-refractivity contribution in [3.8, 4) is 11.4 Å².